The van der Waals surface area contributed by atoms with Gasteiger partial charge in [-0.3, -0.25) is 4.79 Å². The molecule has 0 radical (unpaired) electrons. The van der Waals surface area contributed by atoms with Gasteiger partial charge in [0.1, 0.15) is 11.5 Å². The summed E-state index contributed by atoms with van der Waals surface area (Å²) in [5.74, 6) is 1.51. The molecule has 3 nitrogen and oxygen atoms in total. The Kier molecular flexibility index (Phi) is 5.39. The molecule has 2 aromatic carbocycles. The molecule has 0 N–H and O–H groups in total. The molecule has 0 unspecified atom stereocenters. The summed E-state index contributed by atoms with van der Waals surface area (Å²) in [4.78, 5) is 14.0. The minimum atomic E-state index is 0.0486. The summed E-state index contributed by atoms with van der Waals surface area (Å²) in [6, 6.07) is 14.9. The summed E-state index contributed by atoms with van der Waals surface area (Å²) < 4.78 is 6.68. The van der Waals surface area contributed by atoms with Crippen molar-refractivity contribution in [2.75, 3.05) is 13.1 Å². The summed E-state index contributed by atoms with van der Waals surface area (Å²) in [7, 11) is 0. The lowest BCUT2D eigenvalue weighted by atomic mass is 10.2. The molecule has 0 aromatic heterocycles. The molecule has 0 spiro atoms. The van der Waals surface area contributed by atoms with Gasteiger partial charge in [0.05, 0.1) is 4.47 Å². The number of halogens is 1. The van der Waals surface area contributed by atoms with E-state index in [1.807, 2.05) is 50.2 Å². The van der Waals surface area contributed by atoms with Gasteiger partial charge in [0.15, 0.2) is 0 Å². The van der Waals surface area contributed by atoms with E-state index in [0.29, 0.717) is 24.4 Å². The zero-order valence-electron chi connectivity index (χ0n) is 12.2. The van der Waals surface area contributed by atoms with Gasteiger partial charge in [-0.05, 0) is 66.2 Å². The molecule has 0 bridgehead atoms. The predicted molar refractivity (Wildman–Crippen MR) is 87.9 cm³/mol. The minimum Gasteiger partial charge on any atom is -0.456 e. The van der Waals surface area contributed by atoms with E-state index in [1.54, 1.807) is 17.0 Å². The van der Waals surface area contributed by atoms with Crippen molar-refractivity contribution in [2.24, 2.45) is 0 Å². The first-order valence-corrected chi connectivity index (χ1v) is 7.76. The van der Waals surface area contributed by atoms with E-state index >= 15 is 0 Å². The number of benzene rings is 2. The molecule has 0 aliphatic carbocycles. The second-order valence-electron chi connectivity index (χ2n) is 4.53. The fraction of sp³-hybridized carbons (Fsp3) is 0.235. The van der Waals surface area contributed by atoms with E-state index in [4.69, 9.17) is 4.74 Å². The molecule has 110 valence electrons. The maximum Gasteiger partial charge on any atom is 0.253 e. The molecule has 0 aliphatic rings. The molecular weight excluding hydrogens is 330 g/mol. The number of rotatable bonds is 5. The Morgan fingerprint density at radius 2 is 1.67 bits per heavy atom. The molecule has 2 aromatic rings. The van der Waals surface area contributed by atoms with E-state index in [0.717, 1.165) is 10.2 Å². The van der Waals surface area contributed by atoms with Crippen molar-refractivity contribution in [3.05, 3.63) is 58.6 Å². The van der Waals surface area contributed by atoms with Gasteiger partial charge in [-0.15, -0.1) is 0 Å². The second-order valence-corrected chi connectivity index (χ2v) is 5.39. The molecule has 0 saturated carbocycles. The highest BCUT2D eigenvalue weighted by Crippen LogP contribution is 2.29. The highest BCUT2D eigenvalue weighted by atomic mass is 79.9. The number of nitrogens with zero attached hydrogens (tertiary/aromatic N) is 1. The topological polar surface area (TPSA) is 29.5 Å². The number of hydrogen-bond donors (Lipinski definition) is 0. The van der Waals surface area contributed by atoms with Gasteiger partial charge < -0.3 is 9.64 Å². The molecule has 0 atom stereocenters. The third kappa shape index (κ3) is 3.85. The number of amides is 1. The van der Waals surface area contributed by atoms with Crippen molar-refractivity contribution < 1.29 is 9.53 Å². The molecule has 0 heterocycles. The molecular formula is C17H18BrNO2. The molecule has 0 fully saturated rings. The Morgan fingerprint density at radius 1 is 1.05 bits per heavy atom. The molecule has 1 amide bonds. The van der Waals surface area contributed by atoms with Crippen molar-refractivity contribution in [1.82, 2.24) is 4.90 Å². The van der Waals surface area contributed by atoms with Crippen LogP contribution in [0.3, 0.4) is 0 Å². The molecule has 4 heteroatoms. The first-order valence-electron chi connectivity index (χ1n) is 6.97. The summed E-state index contributed by atoms with van der Waals surface area (Å²) in [6.45, 7) is 5.38. The molecule has 2 rings (SSSR count). The Balaban J connectivity index is 2.12. The van der Waals surface area contributed by atoms with Gasteiger partial charge in [-0.1, -0.05) is 12.1 Å². The van der Waals surface area contributed by atoms with Crippen molar-refractivity contribution in [3.8, 4) is 11.5 Å². The average Bonchev–Trinajstić information content (AvgIpc) is 2.51. The fourth-order valence-corrected chi connectivity index (χ4v) is 2.38. The van der Waals surface area contributed by atoms with Crippen LogP contribution in [-0.4, -0.2) is 23.9 Å². The summed E-state index contributed by atoms with van der Waals surface area (Å²) >= 11 is 3.44. The van der Waals surface area contributed by atoms with Crippen LogP contribution in [0.1, 0.15) is 24.2 Å². The van der Waals surface area contributed by atoms with Crippen molar-refractivity contribution >= 4 is 21.8 Å². The average molecular weight is 348 g/mol. The number of carbonyl (C=O) groups excluding carboxylic acids is 1. The van der Waals surface area contributed by atoms with E-state index in [1.165, 1.54) is 0 Å². The molecule has 0 saturated heterocycles. The van der Waals surface area contributed by atoms with E-state index in [2.05, 4.69) is 15.9 Å². The van der Waals surface area contributed by atoms with Crippen LogP contribution in [0.2, 0.25) is 0 Å². The lowest BCUT2D eigenvalue weighted by molar-refractivity contribution is 0.0773. The maximum absolute atomic E-state index is 12.2. The Labute approximate surface area is 133 Å². The van der Waals surface area contributed by atoms with E-state index in [-0.39, 0.29) is 5.91 Å². The van der Waals surface area contributed by atoms with Gasteiger partial charge in [0, 0.05) is 18.7 Å². The smallest absolute Gasteiger partial charge is 0.253 e. The zero-order chi connectivity index (χ0) is 15.2. The first-order chi connectivity index (χ1) is 10.2. The quantitative estimate of drug-likeness (QED) is 0.782. The number of ether oxygens (including phenoxy) is 1. The zero-order valence-corrected chi connectivity index (χ0v) is 13.8. The number of carbonyl (C=O) groups is 1. The van der Waals surface area contributed by atoms with Crippen molar-refractivity contribution in [2.45, 2.75) is 13.8 Å². The van der Waals surface area contributed by atoms with Gasteiger partial charge in [-0.25, -0.2) is 0 Å². The molecule has 21 heavy (non-hydrogen) atoms. The van der Waals surface area contributed by atoms with Crippen LogP contribution in [0.15, 0.2) is 53.0 Å². The van der Waals surface area contributed by atoms with Gasteiger partial charge >= 0.3 is 0 Å². The van der Waals surface area contributed by atoms with Gasteiger partial charge in [0.25, 0.3) is 5.91 Å². The van der Waals surface area contributed by atoms with Crippen LogP contribution in [0, 0.1) is 0 Å². The van der Waals surface area contributed by atoms with Crippen LogP contribution in [-0.2, 0) is 0 Å². The SMILES string of the molecule is CCN(CC)C(=O)c1ccc(Oc2ccccc2Br)cc1. The fourth-order valence-electron chi connectivity index (χ4n) is 2.01. The summed E-state index contributed by atoms with van der Waals surface area (Å²) in [5, 5.41) is 0. The monoisotopic (exact) mass is 347 g/mol. The summed E-state index contributed by atoms with van der Waals surface area (Å²) in [5.41, 5.74) is 0.679. The van der Waals surface area contributed by atoms with Crippen LogP contribution in [0.5, 0.6) is 11.5 Å². The third-order valence-corrected chi connectivity index (χ3v) is 3.87. The minimum absolute atomic E-state index is 0.0486. The lowest BCUT2D eigenvalue weighted by Gasteiger charge is -2.18. The van der Waals surface area contributed by atoms with Crippen molar-refractivity contribution in [1.29, 1.82) is 0 Å². The number of para-hydroxylation sites is 1. The van der Waals surface area contributed by atoms with Crippen LogP contribution >= 0.6 is 15.9 Å². The normalized spacial score (nSPS) is 10.2. The maximum atomic E-state index is 12.2. The predicted octanol–water partition coefficient (Wildman–Crippen LogP) is 4.72. The van der Waals surface area contributed by atoms with Gasteiger partial charge in [0.2, 0.25) is 0 Å². The van der Waals surface area contributed by atoms with E-state index in [9.17, 15) is 4.79 Å². The summed E-state index contributed by atoms with van der Waals surface area (Å²) in [6.07, 6.45) is 0. The standard InChI is InChI=1S/C17H18BrNO2/c1-3-19(4-2)17(20)13-9-11-14(12-10-13)21-16-8-6-5-7-15(16)18/h5-12H,3-4H2,1-2H3. The lowest BCUT2D eigenvalue weighted by Crippen LogP contribution is -2.30. The second kappa shape index (κ2) is 7.27. The molecule has 0 aliphatic heterocycles. The number of hydrogen-bond acceptors (Lipinski definition) is 2. The van der Waals surface area contributed by atoms with Gasteiger partial charge in [-0.2, -0.15) is 0 Å². The Hall–Kier alpha value is -1.81. The van der Waals surface area contributed by atoms with Crippen LogP contribution in [0.25, 0.3) is 0 Å². The first kappa shape index (κ1) is 15.6. The Morgan fingerprint density at radius 3 is 2.24 bits per heavy atom. The van der Waals surface area contributed by atoms with E-state index < -0.39 is 0 Å². The third-order valence-electron chi connectivity index (χ3n) is 3.22. The highest BCUT2D eigenvalue weighted by Gasteiger charge is 2.12. The Bertz CT molecular complexity index is 606. The van der Waals surface area contributed by atoms with Crippen molar-refractivity contribution in [3.63, 3.8) is 0 Å². The van der Waals surface area contributed by atoms with Crippen LogP contribution in [0.4, 0.5) is 0 Å². The van der Waals surface area contributed by atoms with Crippen LogP contribution < -0.4 is 4.74 Å². The highest BCUT2D eigenvalue weighted by molar-refractivity contribution is 9.10. The largest absolute Gasteiger partial charge is 0.456 e.